The third-order valence-corrected chi connectivity index (χ3v) is 11.3. The van der Waals surface area contributed by atoms with Crippen molar-refractivity contribution in [3.8, 4) is 56.4 Å². The van der Waals surface area contributed by atoms with Gasteiger partial charge in [-0.3, -0.25) is 0 Å². The van der Waals surface area contributed by atoms with Gasteiger partial charge in [0.1, 0.15) is 11.2 Å². The van der Waals surface area contributed by atoms with Gasteiger partial charge in [0.15, 0.2) is 17.5 Å². The van der Waals surface area contributed by atoms with E-state index in [9.17, 15) is 0 Å². The molecule has 10 aromatic rings. The van der Waals surface area contributed by atoms with Gasteiger partial charge in [0.25, 0.3) is 0 Å². The van der Waals surface area contributed by atoms with E-state index in [-0.39, 0.29) is 0 Å². The summed E-state index contributed by atoms with van der Waals surface area (Å²) in [5.41, 5.74) is 13.0. The number of hydrogen-bond donors (Lipinski definition) is 0. The molecule has 4 nitrogen and oxygen atoms in total. The maximum Gasteiger partial charge on any atom is 0.167 e. The van der Waals surface area contributed by atoms with Crippen molar-refractivity contribution in [1.29, 1.82) is 0 Å². The molecule has 2 heterocycles. The van der Waals surface area contributed by atoms with Gasteiger partial charge in [-0.25, -0.2) is 15.0 Å². The Balaban J connectivity index is 1.22. The molecule has 1 aliphatic carbocycles. The maximum atomic E-state index is 6.57. The molecule has 4 heteroatoms. The summed E-state index contributed by atoms with van der Waals surface area (Å²) in [6, 6.07) is 70.3. The van der Waals surface area contributed by atoms with Crippen molar-refractivity contribution < 1.29 is 4.42 Å². The molecule has 0 saturated carbocycles. The molecule has 0 saturated heterocycles. The van der Waals surface area contributed by atoms with E-state index in [1.54, 1.807) is 0 Å². The lowest BCUT2D eigenvalue weighted by atomic mass is 9.67. The zero-order valence-electron chi connectivity index (χ0n) is 30.3. The van der Waals surface area contributed by atoms with Crippen LogP contribution < -0.4 is 0 Å². The van der Waals surface area contributed by atoms with Crippen molar-refractivity contribution in [2.45, 2.75) is 5.41 Å². The first-order valence-corrected chi connectivity index (χ1v) is 19.0. The molecule has 0 fully saturated rings. The average molecular weight is 716 g/mol. The Morgan fingerprint density at radius 1 is 0.339 bits per heavy atom. The lowest BCUT2D eigenvalue weighted by molar-refractivity contribution is 0.669. The Hall–Kier alpha value is -7.43. The van der Waals surface area contributed by atoms with Crippen molar-refractivity contribution >= 4 is 21.9 Å². The summed E-state index contributed by atoms with van der Waals surface area (Å²) >= 11 is 0. The summed E-state index contributed by atoms with van der Waals surface area (Å²) in [4.78, 5) is 16.1. The summed E-state index contributed by atoms with van der Waals surface area (Å²) in [5.74, 6) is 1.75. The summed E-state index contributed by atoms with van der Waals surface area (Å²) in [6.07, 6.45) is 0. The molecule has 0 spiro atoms. The largest absolute Gasteiger partial charge is 0.455 e. The summed E-state index contributed by atoms with van der Waals surface area (Å²) in [6.45, 7) is 0. The first-order chi connectivity index (χ1) is 27.8. The monoisotopic (exact) mass is 715 g/mol. The molecule has 2 aromatic heterocycles. The van der Waals surface area contributed by atoms with E-state index in [4.69, 9.17) is 19.4 Å². The van der Waals surface area contributed by atoms with Crippen molar-refractivity contribution in [2.75, 3.05) is 0 Å². The third-order valence-electron chi connectivity index (χ3n) is 11.3. The molecular formula is C52H33N3O. The molecule has 56 heavy (non-hydrogen) atoms. The van der Waals surface area contributed by atoms with Crippen LogP contribution in [-0.4, -0.2) is 15.0 Å². The Labute approximate surface area is 324 Å². The van der Waals surface area contributed by atoms with Gasteiger partial charge in [-0.2, -0.15) is 0 Å². The minimum absolute atomic E-state index is 0.553. The minimum Gasteiger partial charge on any atom is -0.455 e. The first kappa shape index (κ1) is 32.0. The molecule has 11 rings (SSSR count). The topological polar surface area (TPSA) is 51.8 Å². The summed E-state index contributed by atoms with van der Waals surface area (Å²) < 4.78 is 6.57. The average Bonchev–Trinajstić information content (AvgIpc) is 3.81. The van der Waals surface area contributed by atoms with Crippen molar-refractivity contribution in [1.82, 2.24) is 15.0 Å². The van der Waals surface area contributed by atoms with Crippen LogP contribution in [-0.2, 0) is 5.41 Å². The number of para-hydroxylation sites is 2. The van der Waals surface area contributed by atoms with Gasteiger partial charge < -0.3 is 4.42 Å². The Kier molecular flexibility index (Phi) is 7.36. The number of aromatic nitrogens is 3. The van der Waals surface area contributed by atoms with Gasteiger partial charge in [-0.15, -0.1) is 0 Å². The van der Waals surface area contributed by atoms with Gasteiger partial charge in [0.05, 0.1) is 11.0 Å². The quantitative estimate of drug-likeness (QED) is 0.172. The molecule has 0 amide bonds. The molecular weight excluding hydrogens is 683 g/mol. The molecule has 262 valence electrons. The fraction of sp³-hybridized carbons (Fsp3) is 0.0192. The normalized spacial score (nSPS) is 12.8. The van der Waals surface area contributed by atoms with Crippen LogP contribution in [0.15, 0.2) is 205 Å². The standard InChI is InChI=1S/C52H33N3O/c1-4-18-34(19-5-1)37-24-10-11-26-40(37)49-53-50(55-51(54-49)43-30-16-28-39-38-25-13-15-33-46(38)56-48(39)43)42-29-17-32-45-47(42)41-27-12-14-31-44(41)52(45,35-20-6-2-7-21-35)36-22-8-3-9-23-36/h1-33H. The molecule has 8 aromatic carbocycles. The van der Waals surface area contributed by atoms with E-state index in [2.05, 4.69) is 176 Å². The lowest BCUT2D eigenvalue weighted by Gasteiger charge is -2.33. The van der Waals surface area contributed by atoms with Gasteiger partial charge in [-0.05, 0) is 56.6 Å². The van der Waals surface area contributed by atoms with E-state index in [0.717, 1.165) is 55.3 Å². The van der Waals surface area contributed by atoms with Crippen LogP contribution in [0, 0.1) is 0 Å². The van der Waals surface area contributed by atoms with Crippen molar-refractivity contribution in [3.63, 3.8) is 0 Å². The van der Waals surface area contributed by atoms with E-state index >= 15 is 0 Å². The first-order valence-electron chi connectivity index (χ1n) is 19.0. The van der Waals surface area contributed by atoms with Crippen LogP contribution >= 0.6 is 0 Å². The molecule has 1 aliphatic rings. The zero-order chi connectivity index (χ0) is 37.1. The molecule has 0 N–H and O–H groups in total. The zero-order valence-corrected chi connectivity index (χ0v) is 30.3. The van der Waals surface area contributed by atoms with E-state index in [1.165, 1.54) is 27.8 Å². The second kappa shape index (κ2) is 12.9. The van der Waals surface area contributed by atoms with Gasteiger partial charge >= 0.3 is 0 Å². The van der Waals surface area contributed by atoms with Crippen molar-refractivity contribution in [2.24, 2.45) is 0 Å². The van der Waals surface area contributed by atoms with Crippen LogP contribution in [0.5, 0.6) is 0 Å². The van der Waals surface area contributed by atoms with E-state index in [1.807, 2.05) is 24.3 Å². The number of benzene rings is 8. The van der Waals surface area contributed by atoms with Crippen LogP contribution in [0.1, 0.15) is 22.3 Å². The van der Waals surface area contributed by atoms with Crippen molar-refractivity contribution in [3.05, 3.63) is 222 Å². The fourth-order valence-corrected chi connectivity index (χ4v) is 8.89. The molecule has 0 bridgehead atoms. The van der Waals surface area contributed by atoms with Crippen LogP contribution in [0.25, 0.3) is 78.4 Å². The highest BCUT2D eigenvalue weighted by atomic mass is 16.3. The summed E-state index contributed by atoms with van der Waals surface area (Å²) in [5, 5.41) is 2.08. The number of furan rings is 1. The number of fused-ring (bicyclic) bond motifs is 6. The Bertz CT molecular complexity index is 3040. The molecule has 0 atom stereocenters. The second-order valence-corrected chi connectivity index (χ2v) is 14.3. The highest BCUT2D eigenvalue weighted by Gasteiger charge is 2.47. The van der Waals surface area contributed by atoms with Gasteiger partial charge in [0.2, 0.25) is 0 Å². The van der Waals surface area contributed by atoms with Crippen LogP contribution in [0.4, 0.5) is 0 Å². The highest BCUT2D eigenvalue weighted by Crippen LogP contribution is 2.58. The fourth-order valence-electron chi connectivity index (χ4n) is 8.89. The van der Waals surface area contributed by atoms with E-state index < -0.39 is 5.41 Å². The second-order valence-electron chi connectivity index (χ2n) is 14.3. The Morgan fingerprint density at radius 3 is 1.55 bits per heavy atom. The van der Waals surface area contributed by atoms with E-state index in [0.29, 0.717) is 17.5 Å². The Morgan fingerprint density at radius 2 is 0.821 bits per heavy atom. The molecule has 0 unspecified atom stereocenters. The predicted octanol–water partition coefficient (Wildman–Crippen LogP) is 12.8. The third kappa shape index (κ3) is 4.83. The van der Waals surface area contributed by atoms with Gasteiger partial charge in [-0.1, -0.05) is 188 Å². The van der Waals surface area contributed by atoms with Crippen LogP contribution in [0.3, 0.4) is 0 Å². The lowest BCUT2D eigenvalue weighted by Crippen LogP contribution is -2.28. The molecule has 0 aliphatic heterocycles. The smallest absolute Gasteiger partial charge is 0.167 e. The maximum absolute atomic E-state index is 6.57. The minimum atomic E-state index is -0.553. The molecule has 0 radical (unpaired) electrons. The van der Waals surface area contributed by atoms with Gasteiger partial charge in [0, 0.05) is 21.9 Å². The summed E-state index contributed by atoms with van der Waals surface area (Å²) in [7, 11) is 0. The number of rotatable bonds is 6. The number of nitrogens with zero attached hydrogens (tertiary/aromatic N) is 3. The highest BCUT2D eigenvalue weighted by molar-refractivity contribution is 6.09. The van der Waals surface area contributed by atoms with Crippen LogP contribution in [0.2, 0.25) is 0 Å². The SMILES string of the molecule is c1ccc(-c2ccccc2-c2nc(-c3cccc4c3-c3ccccc3C4(c3ccccc3)c3ccccc3)nc(-c3cccc4c3oc3ccccc34)n2)cc1. The predicted molar refractivity (Wildman–Crippen MR) is 226 cm³/mol. The number of hydrogen-bond acceptors (Lipinski definition) is 4.